The van der Waals surface area contributed by atoms with Crippen LogP contribution in [0.25, 0.3) is 0 Å². The van der Waals surface area contributed by atoms with Gasteiger partial charge in [-0.05, 0) is 32.6 Å². The monoisotopic (exact) mass is 235 g/mol. The summed E-state index contributed by atoms with van der Waals surface area (Å²) >= 11 is 0. The van der Waals surface area contributed by atoms with Crippen LogP contribution >= 0.6 is 0 Å². The largest absolute Gasteiger partial charge is 0.382 e. The number of hydrogen-bond acceptors (Lipinski definition) is 5. The lowest BCUT2D eigenvalue weighted by atomic mass is 10.2. The average Bonchev–Trinajstić information content (AvgIpc) is 2.78. The summed E-state index contributed by atoms with van der Waals surface area (Å²) < 4.78 is 0. The van der Waals surface area contributed by atoms with Gasteiger partial charge in [0.25, 0.3) is 5.91 Å². The number of carbonyl (C=O) groups is 1. The number of likely N-dealkylation sites (tertiary alicyclic amines) is 1. The molecule has 0 bridgehead atoms. The summed E-state index contributed by atoms with van der Waals surface area (Å²) in [6, 6.07) is 3.65. The molecule has 1 atom stereocenters. The molecule has 17 heavy (non-hydrogen) atoms. The van der Waals surface area contributed by atoms with E-state index in [1.807, 2.05) is 19.0 Å². The predicted octanol–water partition coefficient (Wildman–Crippen LogP) is -0.165. The lowest BCUT2D eigenvalue weighted by Crippen LogP contribution is -2.34. The topological polar surface area (TPSA) is 75.3 Å². The zero-order chi connectivity index (χ0) is 12.4. The molecule has 6 heteroatoms. The Balaban J connectivity index is 2.04. The number of anilines is 1. The second-order valence-corrected chi connectivity index (χ2v) is 4.50. The number of nitrogens with zero attached hydrogens (tertiary/aromatic N) is 4. The maximum atomic E-state index is 12.1. The van der Waals surface area contributed by atoms with E-state index < -0.39 is 0 Å². The summed E-state index contributed by atoms with van der Waals surface area (Å²) in [6.07, 6.45) is 1.00. The van der Waals surface area contributed by atoms with Gasteiger partial charge in [-0.15, -0.1) is 10.2 Å². The molecule has 1 fully saturated rings. The van der Waals surface area contributed by atoms with E-state index in [1.54, 1.807) is 12.1 Å². The van der Waals surface area contributed by atoms with Gasteiger partial charge in [0.1, 0.15) is 5.82 Å². The Kier molecular flexibility index (Phi) is 3.23. The number of hydrogen-bond donors (Lipinski definition) is 1. The number of aromatic nitrogens is 2. The Labute approximate surface area is 100 Å². The standard InChI is InChI=1S/C11H17N5O/c1-15(2)8-5-6-16(7-8)11(17)9-3-4-10(12)14-13-9/h3-4,8H,5-7H2,1-2H3,(H2,12,14). The summed E-state index contributed by atoms with van der Waals surface area (Å²) in [5.41, 5.74) is 5.80. The van der Waals surface area contributed by atoms with Crippen molar-refractivity contribution in [1.29, 1.82) is 0 Å². The van der Waals surface area contributed by atoms with Crippen LogP contribution in [0.1, 0.15) is 16.9 Å². The summed E-state index contributed by atoms with van der Waals surface area (Å²) in [5.74, 6) is 0.260. The van der Waals surface area contributed by atoms with E-state index in [9.17, 15) is 4.79 Å². The Bertz CT molecular complexity index is 403. The first-order valence-electron chi connectivity index (χ1n) is 5.63. The van der Waals surface area contributed by atoms with Crippen LogP contribution in [-0.2, 0) is 0 Å². The van der Waals surface area contributed by atoms with Crippen molar-refractivity contribution < 1.29 is 4.79 Å². The lowest BCUT2D eigenvalue weighted by molar-refractivity contribution is 0.0776. The highest BCUT2D eigenvalue weighted by Crippen LogP contribution is 2.15. The first kappa shape index (κ1) is 11.8. The van der Waals surface area contributed by atoms with Crippen molar-refractivity contribution in [3.8, 4) is 0 Å². The zero-order valence-corrected chi connectivity index (χ0v) is 10.1. The molecule has 6 nitrogen and oxygen atoms in total. The summed E-state index contributed by atoms with van der Waals surface area (Å²) in [5, 5.41) is 7.51. The van der Waals surface area contributed by atoms with Crippen molar-refractivity contribution >= 4 is 11.7 Å². The van der Waals surface area contributed by atoms with Crippen LogP contribution in [0.4, 0.5) is 5.82 Å². The van der Waals surface area contributed by atoms with Gasteiger partial charge in [0.2, 0.25) is 0 Å². The second kappa shape index (κ2) is 4.67. The molecule has 2 N–H and O–H groups in total. The summed E-state index contributed by atoms with van der Waals surface area (Å²) in [4.78, 5) is 16.0. The highest BCUT2D eigenvalue weighted by molar-refractivity contribution is 5.92. The minimum atomic E-state index is -0.0677. The van der Waals surface area contributed by atoms with Crippen LogP contribution in [0.3, 0.4) is 0 Å². The second-order valence-electron chi connectivity index (χ2n) is 4.50. The Morgan fingerprint density at radius 2 is 2.24 bits per heavy atom. The van der Waals surface area contributed by atoms with Crippen LogP contribution in [0.5, 0.6) is 0 Å². The third-order valence-electron chi connectivity index (χ3n) is 3.09. The molecule has 1 saturated heterocycles. The van der Waals surface area contributed by atoms with E-state index in [4.69, 9.17) is 5.73 Å². The quantitative estimate of drug-likeness (QED) is 0.770. The van der Waals surface area contributed by atoms with E-state index in [0.717, 1.165) is 19.5 Å². The van der Waals surface area contributed by atoms with Gasteiger partial charge >= 0.3 is 0 Å². The molecule has 0 aromatic carbocycles. The van der Waals surface area contributed by atoms with Gasteiger partial charge < -0.3 is 15.5 Å². The molecule has 1 aliphatic heterocycles. The van der Waals surface area contributed by atoms with E-state index in [-0.39, 0.29) is 5.91 Å². The van der Waals surface area contributed by atoms with Crippen molar-refractivity contribution in [2.45, 2.75) is 12.5 Å². The zero-order valence-electron chi connectivity index (χ0n) is 10.1. The molecule has 1 aromatic rings. The Morgan fingerprint density at radius 3 is 2.76 bits per heavy atom. The average molecular weight is 235 g/mol. The molecule has 0 aliphatic carbocycles. The van der Waals surface area contributed by atoms with Gasteiger partial charge in [-0.2, -0.15) is 0 Å². The number of amides is 1. The molecule has 1 aliphatic rings. The lowest BCUT2D eigenvalue weighted by Gasteiger charge is -2.20. The molecule has 2 rings (SSSR count). The fraction of sp³-hybridized carbons (Fsp3) is 0.545. The first-order chi connectivity index (χ1) is 8.08. The molecular weight excluding hydrogens is 218 g/mol. The maximum Gasteiger partial charge on any atom is 0.274 e. The van der Waals surface area contributed by atoms with Gasteiger partial charge in [0.05, 0.1) is 0 Å². The van der Waals surface area contributed by atoms with Crippen LogP contribution in [0.2, 0.25) is 0 Å². The fourth-order valence-corrected chi connectivity index (χ4v) is 1.97. The van der Waals surface area contributed by atoms with Crippen molar-refractivity contribution in [3.63, 3.8) is 0 Å². The van der Waals surface area contributed by atoms with Crippen LogP contribution in [-0.4, -0.2) is 59.1 Å². The predicted molar refractivity (Wildman–Crippen MR) is 64.4 cm³/mol. The van der Waals surface area contributed by atoms with E-state index in [1.165, 1.54) is 0 Å². The number of nitrogens with two attached hydrogens (primary N) is 1. The molecular formula is C11H17N5O. The first-order valence-corrected chi connectivity index (χ1v) is 5.63. The van der Waals surface area contributed by atoms with Crippen molar-refractivity contribution in [2.24, 2.45) is 0 Å². The normalized spacial score (nSPS) is 19.9. The van der Waals surface area contributed by atoms with Gasteiger partial charge in [-0.25, -0.2) is 0 Å². The Hall–Kier alpha value is -1.69. The van der Waals surface area contributed by atoms with E-state index in [0.29, 0.717) is 17.6 Å². The molecule has 2 heterocycles. The Morgan fingerprint density at radius 1 is 1.47 bits per heavy atom. The molecule has 92 valence electrons. The maximum absolute atomic E-state index is 12.1. The summed E-state index contributed by atoms with van der Waals surface area (Å²) in [6.45, 7) is 1.52. The third-order valence-corrected chi connectivity index (χ3v) is 3.09. The number of nitrogen functional groups attached to an aromatic ring is 1. The molecule has 0 spiro atoms. The smallest absolute Gasteiger partial charge is 0.274 e. The summed E-state index contributed by atoms with van der Waals surface area (Å²) in [7, 11) is 4.06. The number of carbonyl (C=O) groups excluding carboxylic acids is 1. The highest BCUT2D eigenvalue weighted by atomic mass is 16.2. The minimum absolute atomic E-state index is 0.0677. The van der Waals surface area contributed by atoms with Crippen LogP contribution < -0.4 is 5.73 Å². The molecule has 1 amide bonds. The third kappa shape index (κ3) is 2.52. The van der Waals surface area contributed by atoms with E-state index >= 15 is 0 Å². The van der Waals surface area contributed by atoms with Gasteiger partial charge in [0, 0.05) is 19.1 Å². The van der Waals surface area contributed by atoms with Gasteiger partial charge in [-0.3, -0.25) is 4.79 Å². The minimum Gasteiger partial charge on any atom is -0.382 e. The van der Waals surface area contributed by atoms with Crippen LogP contribution in [0.15, 0.2) is 12.1 Å². The molecule has 1 aromatic heterocycles. The number of rotatable bonds is 2. The van der Waals surface area contributed by atoms with Crippen molar-refractivity contribution in [3.05, 3.63) is 17.8 Å². The van der Waals surface area contributed by atoms with Crippen molar-refractivity contribution in [2.75, 3.05) is 32.9 Å². The molecule has 1 unspecified atom stereocenters. The highest BCUT2D eigenvalue weighted by Gasteiger charge is 2.28. The SMILES string of the molecule is CN(C)C1CCN(C(=O)c2ccc(N)nn2)C1. The van der Waals surface area contributed by atoms with Crippen molar-refractivity contribution in [1.82, 2.24) is 20.0 Å². The fourth-order valence-electron chi connectivity index (χ4n) is 1.97. The van der Waals surface area contributed by atoms with Gasteiger partial charge in [-0.1, -0.05) is 0 Å². The van der Waals surface area contributed by atoms with E-state index in [2.05, 4.69) is 15.1 Å². The van der Waals surface area contributed by atoms with Gasteiger partial charge in [0.15, 0.2) is 5.69 Å². The molecule has 0 radical (unpaired) electrons. The van der Waals surface area contributed by atoms with Crippen LogP contribution in [0, 0.1) is 0 Å². The molecule has 0 saturated carbocycles. The number of likely N-dealkylation sites (N-methyl/N-ethyl adjacent to an activating group) is 1.